The van der Waals surface area contributed by atoms with Gasteiger partial charge in [-0.1, -0.05) is 36.4 Å². The first kappa shape index (κ1) is 18.3. The van der Waals surface area contributed by atoms with Gasteiger partial charge >= 0.3 is 5.97 Å². The van der Waals surface area contributed by atoms with E-state index in [4.69, 9.17) is 4.74 Å². The maximum Gasteiger partial charge on any atom is 0.326 e. The summed E-state index contributed by atoms with van der Waals surface area (Å²) in [6.07, 6.45) is -1.03. The van der Waals surface area contributed by atoms with Crippen molar-refractivity contribution in [1.82, 2.24) is 4.90 Å². The van der Waals surface area contributed by atoms with Crippen LogP contribution in [-0.4, -0.2) is 41.2 Å². The Hall–Kier alpha value is -3.48. The molecule has 138 valence electrons. The Morgan fingerprint density at radius 2 is 1.74 bits per heavy atom. The lowest BCUT2D eigenvalue weighted by molar-refractivity contribution is -0.155. The minimum Gasteiger partial charge on any atom is -0.451 e. The fraction of sp³-hybridized carbons (Fsp3) is 0.200. The molecule has 0 unspecified atom stereocenters. The molecular formula is C20H18N2O5. The average Bonchev–Trinajstić information content (AvgIpc) is 2.66. The van der Waals surface area contributed by atoms with Crippen molar-refractivity contribution in [1.29, 1.82) is 0 Å². The molecule has 0 aliphatic carbocycles. The number of carbonyl (C=O) groups excluding carboxylic acids is 4. The highest BCUT2D eigenvalue weighted by Crippen LogP contribution is 2.19. The van der Waals surface area contributed by atoms with E-state index in [0.29, 0.717) is 16.8 Å². The maximum absolute atomic E-state index is 12.4. The first-order valence-corrected chi connectivity index (χ1v) is 8.43. The zero-order chi connectivity index (χ0) is 19.4. The third kappa shape index (κ3) is 4.20. The van der Waals surface area contributed by atoms with Crippen LogP contribution >= 0.6 is 0 Å². The number of imide groups is 1. The average molecular weight is 366 g/mol. The fourth-order valence-electron chi connectivity index (χ4n) is 2.74. The lowest BCUT2D eigenvalue weighted by Gasteiger charge is -2.26. The summed E-state index contributed by atoms with van der Waals surface area (Å²) < 4.78 is 5.07. The van der Waals surface area contributed by atoms with Gasteiger partial charge in [-0.15, -0.1) is 0 Å². The number of hydrogen-bond acceptors (Lipinski definition) is 5. The van der Waals surface area contributed by atoms with Crippen LogP contribution in [0, 0.1) is 0 Å². The van der Waals surface area contributed by atoms with E-state index in [-0.39, 0.29) is 6.42 Å². The van der Waals surface area contributed by atoms with E-state index in [1.165, 1.54) is 6.92 Å². The van der Waals surface area contributed by atoms with Crippen molar-refractivity contribution in [2.75, 3.05) is 11.9 Å². The highest BCUT2D eigenvalue weighted by atomic mass is 16.5. The highest BCUT2D eigenvalue weighted by molar-refractivity contribution is 6.11. The SMILES string of the molecule is C[C@@H](OC(=O)CN1C(=O)Cc2ccccc2C1=O)C(=O)Nc1ccccc1. The molecule has 0 bridgehead atoms. The lowest BCUT2D eigenvalue weighted by Crippen LogP contribution is -2.46. The number of nitrogens with zero attached hydrogens (tertiary/aromatic N) is 1. The van der Waals surface area contributed by atoms with Gasteiger partial charge in [-0.05, 0) is 30.7 Å². The van der Waals surface area contributed by atoms with Gasteiger partial charge in [-0.3, -0.25) is 24.1 Å². The molecule has 0 radical (unpaired) electrons. The molecule has 7 heteroatoms. The summed E-state index contributed by atoms with van der Waals surface area (Å²) >= 11 is 0. The van der Waals surface area contributed by atoms with Crippen molar-refractivity contribution in [2.45, 2.75) is 19.4 Å². The van der Waals surface area contributed by atoms with Crippen molar-refractivity contribution in [3.8, 4) is 0 Å². The van der Waals surface area contributed by atoms with E-state index in [0.717, 1.165) is 4.90 Å². The number of anilines is 1. The number of carbonyl (C=O) groups is 4. The number of esters is 1. The quantitative estimate of drug-likeness (QED) is 0.643. The Kier molecular flexibility index (Phi) is 5.30. The monoisotopic (exact) mass is 366 g/mol. The molecule has 0 aromatic heterocycles. The zero-order valence-electron chi connectivity index (χ0n) is 14.7. The van der Waals surface area contributed by atoms with E-state index in [2.05, 4.69) is 5.32 Å². The van der Waals surface area contributed by atoms with Gasteiger partial charge in [0.05, 0.1) is 6.42 Å². The van der Waals surface area contributed by atoms with Gasteiger partial charge in [0.25, 0.3) is 11.8 Å². The van der Waals surface area contributed by atoms with E-state index >= 15 is 0 Å². The number of benzene rings is 2. The van der Waals surface area contributed by atoms with Crippen molar-refractivity contribution in [2.24, 2.45) is 0 Å². The number of nitrogens with one attached hydrogen (secondary N) is 1. The number of hydrogen-bond donors (Lipinski definition) is 1. The van der Waals surface area contributed by atoms with Crippen molar-refractivity contribution in [3.05, 3.63) is 65.7 Å². The lowest BCUT2D eigenvalue weighted by atomic mass is 9.98. The summed E-state index contributed by atoms with van der Waals surface area (Å²) in [6.45, 7) is 0.889. The second-order valence-electron chi connectivity index (χ2n) is 6.11. The largest absolute Gasteiger partial charge is 0.451 e. The van der Waals surface area contributed by atoms with Crippen LogP contribution in [0.1, 0.15) is 22.8 Å². The van der Waals surface area contributed by atoms with Gasteiger partial charge in [0.15, 0.2) is 6.10 Å². The smallest absolute Gasteiger partial charge is 0.326 e. The van der Waals surface area contributed by atoms with Gasteiger partial charge in [-0.2, -0.15) is 0 Å². The molecule has 1 aliphatic rings. The first-order valence-electron chi connectivity index (χ1n) is 8.43. The normalized spacial score (nSPS) is 14.3. The predicted octanol–water partition coefficient (Wildman–Crippen LogP) is 1.78. The summed E-state index contributed by atoms with van der Waals surface area (Å²) in [5, 5.41) is 2.62. The minimum atomic E-state index is -1.07. The summed E-state index contributed by atoms with van der Waals surface area (Å²) in [7, 11) is 0. The topological polar surface area (TPSA) is 92.8 Å². The summed E-state index contributed by atoms with van der Waals surface area (Å²) in [5.74, 6) is -2.35. The minimum absolute atomic E-state index is 0.0409. The Balaban J connectivity index is 1.59. The van der Waals surface area contributed by atoms with Gasteiger partial charge in [-0.25, -0.2) is 0 Å². The molecule has 0 fully saturated rings. The van der Waals surface area contributed by atoms with E-state index in [9.17, 15) is 19.2 Å². The molecule has 1 atom stereocenters. The Bertz CT molecular complexity index is 894. The summed E-state index contributed by atoms with van der Waals surface area (Å²) in [5.41, 5.74) is 1.59. The Labute approximate surface area is 155 Å². The van der Waals surface area contributed by atoms with E-state index in [1.807, 2.05) is 6.07 Å². The molecule has 1 aliphatic heterocycles. The highest BCUT2D eigenvalue weighted by Gasteiger charge is 2.33. The molecule has 2 aromatic rings. The second kappa shape index (κ2) is 7.82. The van der Waals surface area contributed by atoms with Crippen LogP contribution in [0.25, 0.3) is 0 Å². The number of ether oxygens (including phenoxy) is 1. The maximum atomic E-state index is 12.4. The number of fused-ring (bicyclic) bond motifs is 1. The summed E-state index contributed by atoms with van der Waals surface area (Å²) in [6, 6.07) is 15.5. The molecule has 0 saturated heterocycles. The molecule has 7 nitrogen and oxygen atoms in total. The molecule has 0 saturated carbocycles. The van der Waals surface area contributed by atoms with Crippen LogP contribution < -0.4 is 5.32 Å². The van der Waals surface area contributed by atoms with Crippen LogP contribution in [0.15, 0.2) is 54.6 Å². The van der Waals surface area contributed by atoms with E-state index in [1.54, 1.807) is 48.5 Å². The van der Waals surface area contributed by atoms with Gasteiger partial charge in [0.1, 0.15) is 6.54 Å². The Morgan fingerprint density at radius 3 is 2.48 bits per heavy atom. The van der Waals surface area contributed by atoms with Crippen LogP contribution in [-0.2, 0) is 25.5 Å². The van der Waals surface area contributed by atoms with Gasteiger partial charge in [0.2, 0.25) is 5.91 Å². The predicted molar refractivity (Wildman–Crippen MR) is 96.8 cm³/mol. The van der Waals surface area contributed by atoms with Crippen LogP contribution in [0.4, 0.5) is 5.69 Å². The van der Waals surface area contributed by atoms with E-state index < -0.39 is 36.3 Å². The van der Waals surface area contributed by atoms with Gasteiger partial charge in [0, 0.05) is 11.3 Å². The molecule has 3 amide bonds. The van der Waals surface area contributed by atoms with Crippen LogP contribution in [0.2, 0.25) is 0 Å². The fourth-order valence-corrected chi connectivity index (χ4v) is 2.74. The van der Waals surface area contributed by atoms with Crippen molar-refractivity contribution < 1.29 is 23.9 Å². The number of para-hydroxylation sites is 1. The third-order valence-corrected chi connectivity index (χ3v) is 4.14. The van der Waals surface area contributed by atoms with Crippen molar-refractivity contribution in [3.63, 3.8) is 0 Å². The number of rotatable bonds is 5. The zero-order valence-corrected chi connectivity index (χ0v) is 14.7. The van der Waals surface area contributed by atoms with Gasteiger partial charge < -0.3 is 10.1 Å². The van der Waals surface area contributed by atoms with Crippen molar-refractivity contribution >= 4 is 29.4 Å². The number of amides is 3. The van der Waals surface area contributed by atoms with Crippen LogP contribution in [0.3, 0.4) is 0 Å². The third-order valence-electron chi connectivity index (χ3n) is 4.14. The molecular weight excluding hydrogens is 348 g/mol. The molecule has 27 heavy (non-hydrogen) atoms. The Morgan fingerprint density at radius 1 is 1.07 bits per heavy atom. The standard InChI is InChI=1S/C20H18N2O5/c1-13(19(25)21-15-8-3-2-4-9-15)27-18(24)12-22-17(23)11-14-7-5-6-10-16(14)20(22)26/h2-10,13H,11-12H2,1H3,(H,21,25)/t13-/m1/s1. The summed E-state index contributed by atoms with van der Waals surface area (Å²) in [4.78, 5) is 49.7. The second-order valence-corrected chi connectivity index (χ2v) is 6.11. The molecule has 1 N–H and O–H groups in total. The molecule has 1 heterocycles. The molecule has 0 spiro atoms. The van der Waals surface area contributed by atoms with Crippen LogP contribution in [0.5, 0.6) is 0 Å². The molecule has 3 rings (SSSR count). The molecule has 2 aromatic carbocycles. The first-order chi connectivity index (χ1) is 13.0.